The van der Waals surface area contributed by atoms with Crippen molar-refractivity contribution in [3.63, 3.8) is 0 Å². The number of hydrogen-bond acceptors (Lipinski definition) is 2. The Morgan fingerprint density at radius 2 is 2.23 bits per heavy atom. The van der Waals surface area contributed by atoms with Crippen LogP contribution in [-0.4, -0.2) is 30.6 Å². The lowest BCUT2D eigenvalue weighted by atomic mass is 10.0. The van der Waals surface area contributed by atoms with Crippen LogP contribution in [0, 0.1) is 5.92 Å². The highest BCUT2D eigenvalue weighted by Crippen LogP contribution is 2.15. The van der Waals surface area contributed by atoms with Crippen LogP contribution in [0.2, 0.25) is 0 Å². The summed E-state index contributed by atoms with van der Waals surface area (Å²) in [5, 5.41) is 0. The van der Waals surface area contributed by atoms with Crippen molar-refractivity contribution in [2.24, 2.45) is 11.7 Å². The molecule has 2 atom stereocenters. The molecule has 2 N–H and O–H groups in total. The second-order valence-electron chi connectivity index (χ2n) is 4.43. The number of rotatable bonds is 3. The maximum Gasteiger partial charge on any atom is 0.0190 e. The molecule has 1 aliphatic rings. The highest BCUT2D eigenvalue weighted by atomic mass is 15.1. The molecule has 1 heterocycles. The monoisotopic (exact) mass is 182 g/mol. The van der Waals surface area contributed by atoms with E-state index in [1.807, 2.05) is 0 Å². The molecule has 0 amide bonds. The fourth-order valence-electron chi connectivity index (χ4n) is 1.76. The first kappa shape index (κ1) is 10.7. The van der Waals surface area contributed by atoms with Gasteiger partial charge in [0.25, 0.3) is 0 Å². The molecule has 0 aromatic rings. The summed E-state index contributed by atoms with van der Waals surface area (Å²) in [6.07, 6.45) is 2.48. The van der Waals surface area contributed by atoms with Gasteiger partial charge in [0, 0.05) is 19.1 Å². The molecule has 2 unspecified atom stereocenters. The zero-order valence-electron chi connectivity index (χ0n) is 8.92. The van der Waals surface area contributed by atoms with Crippen molar-refractivity contribution in [1.82, 2.24) is 4.90 Å². The Bertz CT molecular complexity index is 175. The van der Waals surface area contributed by atoms with Crippen LogP contribution in [-0.2, 0) is 0 Å². The first-order valence-electron chi connectivity index (χ1n) is 5.24. The van der Waals surface area contributed by atoms with E-state index < -0.39 is 0 Å². The second-order valence-corrected chi connectivity index (χ2v) is 4.43. The van der Waals surface area contributed by atoms with Crippen molar-refractivity contribution in [2.75, 3.05) is 19.6 Å². The summed E-state index contributed by atoms with van der Waals surface area (Å²) >= 11 is 0. The molecule has 0 saturated carbocycles. The molecule has 0 aliphatic carbocycles. The SMILES string of the molecule is C=C1CCCN(CC(C)C(C)N)C1. The van der Waals surface area contributed by atoms with Crippen molar-refractivity contribution in [1.29, 1.82) is 0 Å². The Balaban J connectivity index is 2.31. The second kappa shape index (κ2) is 4.77. The Labute approximate surface area is 81.8 Å². The van der Waals surface area contributed by atoms with Crippen molar-refractivity contribution in [2.45, 2.75) is 32.7 Å². The third-order valence-corrected chi connectivity index (χ3v) is 2.90. The molecule has 1 fully saturated rings. The molecule has 13 heavy (non-hydrogen) atoms. The number of likely N-dealkylation sites (tertiary alicyclic amines) is 1. The van der Waals surface area contributed by atoms with E-state index in [9.17, 15) is 0 Å². The van der Waals surface area contributed by atoms with Gasteiger partial charge in [-0.25, -0.2) is 0 Å². The molecular weight excluding hydrogens is 160 g/mol. The third kappa shape index (κ3) is 3.49. The number of hydrogen-bond donors (Lipinski definition) is 1. The zero-order chi connectivity index (χ0) is 9.84. The van der Waals surface area contributed by atoms with Crippen LogP contribution in [0.5, 0.6) is 0 Å². The molecule has 1 saturated heterocycles. The lowest BCUT2D eigenvalue weighted by molar-refractivity contribution is 0.220. The Morgan fingerprint density at radius 3 is 2.77 bits per heavy atom. The van der Waals surface area contributed by atoms with E-state index >= 15 is 0 Å². The van der Waals surface area contributed by atoms with Crippen molar-refractivity contribution in [3.8, 4) is 0 Å². The number of nitrogens with zero attached hydrogens (tertiary/aromatic N) is 1. The molecule has 2 nitrogen and oxygen atoms in total. The molecular formula is C11H22N2. The van der Waals surface area contributed by atoms with Crippen LogP contribution < -0.4 is 5.73 Å². The van der Waals surface area contributed by atoms with Gasteiger partial charge in [-0.1, -0.05) is 19.1 Å². The minimum atomic E-state index is 0.301. The maximum atomic E-state index is 5.84. The lowest BCUT2D eigenvalue weighted by Crippen LogP contribution is -2.39. The molecule has 76 valence electrons. The van der Waals surface area contributed by atoms with Gasteiger partial charge in [-0.3, -0.25) is 4.90 Å². The fraction of sp³-hybridized carbons (Fsp3) is 0.818. The van der Waals surface area contributed by atoms with E-state index in [2.05, 4.69) is 25.3 Å². The fourth-order valence-corrected chi connectivity index (χ4v) is 1.76. The summed E-state index contributed by atoms with van der Waals surface area (Å²) in [6.45, 7) is 11.8. The topological polar surface area (TPSA) is 29.3 Å². The number of piperidine rings is 1. The summed E-state index contributed by atoms with van der Waals surface area (Å²) in [5.41, 5.74) is 7.22. The van der Waals surface area contributed by atoms with Crippen molar-refractivity contribution in [3.05, 3.63) is 12.2 Å². The molecule has 0 aromatic carbocycles. The van der Waals surface area contributed by atoms with Gasteiger partial charge in [0.15, 0.2) is 0 Å². The normalized spacial score (nSPS) is 24.4. The summed E-state index contributed by atoms with van der Waals surface area (Å²) < 4.78 is 0. The van der Waals surface area contributed by atoms with Gasteiger partial charge in [0.1, 0.15) is 0 Å². The van der Waals surface area contributed by atoms with E-state index in [-0.39, 0.29) is 0 Å². The van der Waals surface area contributed by atoms with Gasteiger partial charge in [0.2, 0.25) is 0 Å². The molecule has 0 spiro atoms. The minimum absolute atomic E-state index is 0.301. The van der Waals surface area contributed by atoms with Gasteiger partial charge in [-0.05, 0) is 32.2 Å². The van der Waals surface area contributed by atoms with E-state index in [1.165, 1.54) is 25.0 Å². The Morgan fingerprint density at radius 1 is 1.54 bits per heavy atom. The standard InChI is InChI=1S/C11H22N2/c1-9-5-4-6-13(7-9)8-10(2)11(3)12/h10-11H,1,4-8,12H2,2-3H3. The van der Waals surface area contributed by atoms with E-state index in [4.69, 9.17) is 5.73 Å². The van der Waals surface area contributed by atoms with Crippen LogP contribution in [0.25, 0.3) is 0 Å². The molecule has 0 aromatic heterocycles. The average Bonchev–Trinajstić information content (AvgIpc) is 2.04. The third-order valence-electron chi connectivity index (χ3n) is 2.90. The highest BCUT2D eigenvalue weighted by Gasteiger charge is 2.16. The lowest BCUT2D eigenvalue weighted by Gasteiger charge is -2.31. The van der Waals surface area contributed by atoms with Crippen LogP contribution in [0.3, 0.4) is 0 Å². The van der Waals surface area contributed by atoms with Crippen LogP contribution in [0.1, 0.15) is 26.7 Å². The first-order chi connectivity index (χ1) is 6.09. The average molecular weight is 182 g/mol. The molecule has 2 heteroatoms. The Hall–Kier alpha value is -0.340. The minimum Gasteiger partial charge on any atom is -0.328 e. The molecule has 1 aliphatic heterocycles. The summed E-state index contributed by atoms with van der Waals surface area (Å²) in [4.78, 5) is 2.47. The smallest absolute Gasteiger partial charge is 0.0190 e. The quantitative estimate of drug-likeness (QED) is 0.672. The maximum absolute atomic E-state index is 5.84. The van der Waals surface area contributed by atoms with Crippen LogP contribution in [0.15, 0.2) is 12.2 Å². The molecule has 0 bridgehead atoms. The van der Waals surface area contributed by atoms with Gasteiger partial charge < -0.3 is 5.73 Å². The molecule has 1 rings (SSSR count). The zero-order valence-corrected chi connectivity index (χ0v) is 8.92. The van der Waals surface area contributed by atoms with Gasteiger partial charge in [-0.15, -0.1) is 0 Å². The van der Waals surface area contributed by atoms with E-state index in [0.717, 1.165) is 13.1 Å². The predicted molar refractivity (Wildman–Crippen MR) is 57.6 cm³/mol. The summed E-state index contributed by atoms with van der Waals surface area (Å²) in [7, 11) is 0. The van der Waals surface area contributed by atoms with Crippen molar-refractivity contribution >= 4 is 0 Å². The predicted octanol–water partition coefficient (Wildman–Crippen LogP) is 1.62. The first-order valence-corrected chi connectivity index (χ1v) is 5.24. The van der Waals surface area contributed by atoms with Gasteiger partial charge in [-0.2, -0.15) is 0 Å². The van der Waals surface area contributed by atoms with Crippen molar-refractivity contribution < 1.29 is 0 Å². The van der Waals surface area contributed by atoms with Gasteiger partial charge >= 0.3 is 0 Å². The highest BCUT2D eigenvalue weighted by molar-refractivity contribution is 5.00. The Kier molecular flexibility index (Phi) is 3.94. The molecule has 0 radical (unpaired) electrons. The van der Waals surface area contributed by atoms with Crippen LogP contribution >= 0.6 is 0 Å². The number of nitrogens with two attached hydrogens (primary N) is 1. The summed E-state index contributed by atoms with van der Waals surface area (Å²) in [5.74, 6) is 0.589. The summed E-state index contributed by atoms with van der Waals surface area (Å²) in [6, 6.07) is 0.301. The van der Waals surface area contributed by atoms with E-state index in [0.29, 0.717) is 12.0 Å². The largest absolute Gasteiger partial charge is 0.328 e. The van der Waals surface area contributed by atoms with Gasteiger partial charge in [0.05, 0.1) is 0 Å². The van der Waals surface area contributed by atoms with Crippen LogP contribution in [0.4, 0.5) is 0 Å². The van der Waals surface area contributed by atoms with E-state index in [1.54, 1.807) is 0 Å².